The second-order valence-electron chi connectivity index (χ2n) is 6.29. The van der Waals surface area contributed by atoms with Crippen molar-refractivity contribution in [3.8, 4) is 0 Å². The highest BCUT2D eigenvalue weighted by atomic mass is 35.5. The van der Waals surface area contributed by atoms with Crippen molar-refractivity contribution >= 4 is 40.8 Å². The first kappa shape index (κ1) is 18.5. The minimum absolute atomic E-state index is 0.0896. The molecule has 1 heterocycles. The normalized spacial score (nSPS) is 16.6. The van der Waals surface area contributed by atoms with Crippen molar-refractivity contribution in [3.05, 3.63) is 64.1 Å². The maximum atomic E-state index is 12.2. The SMILES string of the molecule is O=C(NC[C@@H]1CC(=O)N(Cc2ccccc2)C1)Nc1cc(Cl)ccc1Cl. The van der Waals surface area contributed by atoms with E-state index in [4.69, 9.17) is 23.2 Å². The van der Waals surface area contributed by atoms with Gasteiger partial charge in [0.2, 0.25) is 5.91 Å². The van der Waals surface area contributed by atoms with Crippen LogP contribution >= 0.6 is 23.2 Å². The van der Waals surface area contributed by atoms with Crippen LogP contribution in [0.3, 0.4) is 0 Å². The summed E-state index contributed by atoms with van der Waals surface area (Å²) in [4.78, 5) is 26.1. The van der Waals surface area contributed by atoms with E-state index in [9.17, 15) is 9.59 Å². The summed E-state index contributed by atoms with van der Waals surface area (Å²) < 4.78 is 0. The lowest BCUT2D eigenvalue weighted by Crippen LogP contribution is -2.34. The molecule has 3 rings (SSSR count). The van der Waals surface area contributed by atoms with Gasteiger partial charge in [-0.2, -0.15) is 0 Å². The molecule has 1 aliphatic rings. The van der Waals surface area contributed by atoms with Gasteiger partial charge in [-0.25, -0.2) is 4.79 Å². The van der Waals surface area contributed by atoms with Crippen molar-refractivity contribution in [1.82, 2.24) is 10.2 Å². The first-order chi connectivity index (χ1) is 12.5. The molecule has 5 nitrogen and oxygen atoms in total. The van der Waals surface area contributed by atoms with E-state index in [1.54, 1.807) is 18.2 Å². The maximum absolute atomic E-state index is 12.2. The van der Waals surface area contributed by atoms with E-state index in [-0.39, 0.29) is 17.9 Å². The second-order valence-corrected chi connectivity index (χ2v) is 7.13. The number of nitrogens with zero attached hydrogens (tertiary/aromatic N) is 1. The molecule has 0 unspecified atom stereocenters. The molecule has 1 fully saturated rings. The molecular formula is C19H19Cl2N3O2. The molecule has 0 aromatic heterocycles. The van der Waals surface area contributed by atoms with Crippen LogP contribution < -0.4 is 10.6 Å². The molecule has 1 aliphatic heterocycles. The maximum Gasteiger partial charge on any atom is 0.319 e. The van der Waals surface area contributed by atoms with Crippen LogP contribution in [0.5, 0.6) is 0 Å². The topological polar surface area (TPSA) is 61.4 Å². The Labute approximate surface area is 162 Å². The molecule has 7 heteroatoms. The van der Waals surface area contributed by atoms with E-state index in [0.29, 0.717) is 41.8 Å². The minimum atomic E-state index is -0.372. The van der Waals surface area contributed by atoms with Gasteiger partial charge >= 0.3 is 6.03 Å². The lowest BCUT2D eigenvalue weighted by molar-refractivity contribution is -0.128. The molecule has 26 heavy (non-hydrogen) atoms. The van der Waals surface area contributed by atoms with Crippen LogP contribution in [-0.4, -0.2) is 29.9 Å². The summed E-state index contributed by atoms with van der Waals surface area (Å²) in [7, 11) is 0. The molecular weight excluding hydrogens is 373 g/mol. The number of carbonyl (C=O) groups excluding carboxylic acids is 2. The second kappa shape index (κ2) is 8.43. The van der Waals surface area contributed by atoms with Gasteiger partial charge in [0.05, 0.1) is 10.7 Å². The highest BCUT2D eigenvalue weighted by Crippen LogP contribution is 2.25. The van der Waals surface area contributed by atoms with Crippen molar-refractivity contribution < 1.29 is 9.59 Å². The van der Waals surface area contributed by atoms with Gasteiger partial charge in [0.15, 0.2) is 0 Å². The highest BCUT2D eigenvalue weighted by Gasteiger charge is 2.29. The Morgan fingerprint density at radius 1 is 1.15 bits per heavy atom. The van der Waals surface area contributed by atoms with Crippen molar-refractivity contribution in [2.24, 2.45) is 5.92 Å². The molecule has 1 atom stereocenters. The number of halogens is 2. The van der Waals surface area contributed by atoms with Gasteiger partial charge in [-0.1, -0.05) is 53.5 Å². The van der Waals surface area contributed by atoms with Gasteiger partial charge in [-0.05, 0) is 23.8 Å². The fourth-order valence-electron chi connectivity index (χ4n) is 2.94. The summed E-state index contributed by atoms with van der Waals surface area (Å²) in [5.74, 6) is 0.200. The number of nitrogens with one attached hydrogen (secondary N) is 2. The average molecular weight is 392 g/mol. The number of anilines is 1. The predicted octanol–water partition coefficient (Wildman–Crippen LogP) is 4.16. The van der Waals surface area contributed by atoms with E-state index >= 15 is 0 Å². The van der Waals surface area contributed by atoms with Crippen LogP contribution in [0.25, 0.3) is 0 Å². The predicted molar refractivity (Wildman–Crippen MR) is 103 cm³/mol. The van der Waals surface area contributed by atoms with Crippen LogP contribution in [0.2, 0.25) is 10.0 Å². The van der Waals surface area contributed by atoms with Crippen molar-refractivity contribution in [1.29, 1.82) is 0 Å². The first-order valence-electron chi connectivity index (χ1n) is 8.33. The lowest BCUT2D eigenvalue weighted by Gasteiger charge is -2.17. The fraction of sp³-hybridized carbons (Fsp3) is 0.263. The highest BCUT2D eigenvalue weighted by molar-refractivity contribution is 6.35. The Morgan fingerprint density at radius 3 is 2.69 bits per heavy atom. The van der Waals surface area contributed by atoms with Crippen molar-refractivity contribution in [2.45, 2.75) is 13.0 Å². The molecule has 0 spiro atoms. The molecule has 2 aromatic carbocycles. The van der Waals surface area contributed by atoms with Crippen molar-refractivity contribution in [2.75, 3.05) is 18.4 Å². The summed E-state index contributed by atoms with van der Waals surface area (Å²) in [6, 6.07) is 14.4. The zero-order valence-electron chi connectivity index (χ0n) is 14.0. The smallest absolute Gasteiger partial charge is 0.319 e. The number of benzene rings is 2. The zero-order valence-corrected chi connectivity index (χ0v) is 15.6. The van der Waals surface area contributed by atoms with Gasteiger partial charge < -0.3 is 15.5 Å². The third kappa shape index (κ3) is 4.90. The molecule has 1 saturated heterocycles. The molecule has 3 amide bonds. The van der Waals surface area contributed by atoms with E-state index in [1.807, 2.05) is 35.2 Å². The number of hydrogen-bond acceptors (Lipinski definition) is 2. The van der Waals surface area contributed by atoms with Crippen molar-refractivity contribution in [3.63, 3.8) is 0 Å². The monoisotopic (exact) mass is 391 g/mol. The third-order valence-electron chi connectivity index (χ3n) is 4.24. The summed E-state index contributed by atoms with van der Waals surface area (Å²) >= 11 is 11.9. The number of carbonyl (C=O) groups is 2. The number of likely N-dealkylation sites (tertiary alicyclic amines) is 1. The van der Waals surface area contributed by atoms with E-state index < -0.39 is 0 Å². The standard InChI is InChI=1S/C19H19Cl2N3O2/c20-15-6-7-16(21)17(9-15)23-19(26)22-10-14-8-18(25)24(12-14)11-13-4-2-1-3-5-13/h1-7,9,14H,8,10-12H2,(H2,22,23,26)/t14-/m0/s1. The quantitative estimate of drug-likeness (QED) is 0.803. The molecule has 2 aromatic rings. The van der Waals surface area contributed by atoms with E-state index in [1.165, 1.54) is 0 Å². The van der Waals surface area contributed by atoms with Crippen LogP contribution in [0.1, 0.15) is 12.0 Å². The summed E-state index contributed by atoms with van der Waals surface area (Å²) in [6.45, 7) is 1.65. The number of hydrogen-bond donors (Lipinski definition) is 2. The Balaban J connectivity index is 1.48. The Kier molecular flexibility index (Phi) is 6.01. The number of urea groups is 1. The molecule has 0 saturated carbocycles. The summed E-state index contributed by atoms with van der Waals surface area (Å²) in [5.41, 5.74) is 1.55. The first-order valence-corrected chi connectivity index (χ1v) is 9.08. The Bertz CT molecular complexity index is 799. The van der Waals surface area contributed by atoms with E-state index in [0.717, 1.165) is 5.56 Å². The minimum Gasteiger partial charge on any atom is -0.338 e. The Hall–Kier alpha value is -2.24. The van der Waals surface area contributed by atoms with Crippen LogP contribution in [0.15, 0.2) is 48.5 Å². The Morgan fingerprint density at radius 2 is 1.92 bits per heavy atom. The molecule has 2 N–H and O–H groups in total. The van der Waals surface area contributed by atoms with Gasteiger partial charge in [0, 0.05) is 37.0 Å². The van der Waals surface area contributed by atoms with Crippen LogP contribution in [0.4, 0.5) is 10.5 Å². The number of rotatable bonds is 5. The number of amides is 3. The van der Waals surface area contributed by atoms with Gasteiger partial charge in [0.1, 0.15) is 0 Å². The summed E-state index contributed by atoms with van der Waals surface area (Å²) in [6.07, 6.45) is 0.436. The van der Waals surface area contributed by atoms with Crippen LogP contribution in [-0.2, 0) is 11.3 Å². The van der Waals surface area contributed by atoms with Gasteiger partial charge in [0.25, 0.3) is 0 Å². The molecule has 0 aliphatic carbocycles. The molecule has 0 radical (unpaired) electrons. The summed E-state index contributed by atoms with van der Waals surface area (Å²) in [5, 5.41) is 6.37. The van der Waals surface area contributed by atoms with Crippen LogP contribution in [0, 0.1) is 5.92 Å². The lowest BCUT2D eigenvalue weighted by atomic mass is 10.1. The average Bonchev–Trinajstić information content (AvgIpc) is 2.97. The largest absolute Gasteiger partial charge is 0.338 e. The van der Waals surface area contributed by atoms with Gasteiger partial charge in [-0.15, -0.1) is 0 Å². The zero-order chi connectivity index (χ0) is 18.5. The van der Waals surface area contributed by atoms with E-state index in [2.05, 4.69) is 10.6 Å². The van der Waals surface area contributed by atoms with Gasteiger partial charge in [-0.3, -0.25) is 4.79 Å². The molecule has 0 bridgehead atoms. The third-order valence-corrected chi connectivity index (χ3v) is 4.80. The fourth-order valence-corrected chi connectivity index (χ4v) is 3.28. The molecule has 136 valence electrons.